The molecule has 0 aliphatic rings. The van der Waals surface area contributed by atoms with Crippen LogP contribution in [-0.4, -0.2) is 15.9 Å². The molecule has 0 amide bonds. The maximum atomic E-state index is 13.2. The van der Waals surface area contributed by atoms with Crippen LogP contribution in [0.4, 0.5) is 4.39 Å². The Bertz CT molecular complexity index is 1040. The van der Waals surface area contributed by atoms with Gasteiger partial charge in [-0.2, -0.15) is 11.3 Å². The molecule has 4 rings (SSSR count). The molecule has 0 fully saturated rings. The van der Waals surface area contributed by atoms with Crippen LogP contribution in [0, 0.1) is 5.82 Å². The number of nitrogens with zero attached hydrogens (tertiary/aromatic N) is 2. The van der Waals surface area contributed by atoms with Crippen molar-refractivity contribution in [2.45, 2.75) is 6.61 Å². The van der Waals surface area contributed by atoms with Crippen LogP contribution < -0.4 is 0 Å². The molecule has 0 radical (unpaired) electrons. The minimum Gasteiger partial charge on any atom is -0.455 e. The SMILES string of the molecule is O=C(OCc1nc(-c2ccc(F)cc2)oc1-c1ccsc1)c1cccnc1. The maximum Gasteiger partial charge on any atom is 0.340 e. The van der Waals surface area contributed by atoms with Gasteiger partial charge in [-0.3, -0.25) is 4.98 Å². The molecule has 0 saturated heterocycles. The third kappa shape index (κ3) is 3.78. The molecule has 4 aromatic rings. The average Bonchev–Trinajstić information content (AvgIpc) is 3.37. The Morgan fingerprint density at radius 3 is 2.70 bits per heavy atom. The molecule has 5 nitrogen and oxygen atoms in total. The van der Waals surface area contributed by atoms with Gasteiger partial charge in [-0.05, 0) is 47.8 Å². The molecule has 0 saturated carbocycles. The lowest BCUT2D eigenvalue weighted by molar-refractivity contribution is 0.0468. The normalized spacial score (nSPS) is 10.7. The van der Waals surface area contributed by atoms with Gasteiger partial charge in [0.2, 0.25) is 5.89 Å². The molecule has 27 heavy (non-hydrogen) atoms. The molecule has 0 aliphatic heterocycles. The van der Waals surface area contributed by atoms with Crippen molar-refractivity contribution >= 4 is 17.3 Å². The van der Waals surface area contributed by atoms with E-state index in [1.807, 2.05) is 16.8 Å². The highest BCUT2D eigenvalue weighted by atomic mass is 32.1. The van der Waals surface area contributed by atoms with Gasteiger partial charge in [0.1, 0.15) is 18.1 Å². The Labute approximate surface area is 158 Å². The van der Waals surface area contributed by atoms with Crippen molar-refractivity contribution in [2.75, 3.05) is 0 Å². The van der Waals surface area contributed by atoms with Crippen LogP contribution in [-0.2, 0) is 11.3 Å². The van der Waals surface area contributed by atoms with Crippen molar-refractivity contribution in [2.24, 2.45) is 0 Å². The molecule has 0 unspecified atom stereocenters. The van der Waals surface area contributed by atoms with E-state index in [4.69, 9.17) is 9.15 Å². The zero-order valence-corrected chi connectivity index (χ0v) is 14.8. The second-order valence-corrected chi connectivity index (χ2v) is 6.41. The highest BCUT2D eigenvalue weighted by Gasteiger charge is 2.19. The third-order valence-electron chi connectivity index (χ3n) is 3.81. The fourth-order valence-electron chi connectivity index (χ4n) is 2.49. The third-order valence-corrected chi connectivity index (χ3v) is 4.49. The lowest BCUT2D eigenvalue weighted by atomic mass is 10.2. The molecule has 7 heteroatoms. The first kappa shape index (κ1) is 17.1. The molecular formula is C20H13FN2O3S. The molecule has 0 aliphatic carbocycles. The number of esters is 1. The van der Waals surface area contributed by atoms with E-state index in [-0.39, 0.29) is 12.4 Å². The smallest absolute Gasteiger partial charge is 0.340 e. The number of thiophene rings is 1. The van der Waals surface area contributed by atoms with Crippen LogP contribution in [0.1, 0.15) is 16.1 Å². The summed E-state index contributed by atoms with van der Waals surface area (Å²) in [6.07, 6.45) is 3.02. The predicted molar refractivity (Wildman–Crippen MR) is 98.6 cm³/mol. The molecule has 0 bridgehead atoms. The lowest BCUT2D eigenvalue weighted by Gasteiger charge is -2.03. The van der Waals surface area contributed by atoms with Gasteiger partial charge in [0.15, 0.2) is 5.76 Å². The van der Waals surface area contributed by atoms with Crippen LogP contribution in [0.15, 0.2) is 70.0 Å². The van der Waals surface area contributed by atoms with Crippen molar-refractivity contribution in [1.82, 2.24) is 9.97 Å². The standard InChI is InChI=1S/C20H13FN2O3S/c21-16-5-3-13(4-6-16)19-23-17(18(26-19)15-7-9-27-12-15)11-25-20(24)14-2-1-8-22-10-14/h1-10,12H,11H2. The summed E-state index contributed by atoms with van der Waals surface area (Å²) in [5.74, 6) is 0.0258. The number of hydrogen-bond acceptors (Lipinski definition) is 6. The largest absolute Gasteiger partial charge is 0.455 e. The van der Waals surface area contributed by atoms with Crippen molar-refractivity contribution in [3.63, 3.8) is 0 Å². The van der Waals surface area contributed by atoms with E-state index in [2.05, 4.69) is 9.97 Å². The van der Waals surface area contributed by atoms with Gasteiger partial charge in [-0.1, -0.05) is 0 Å². The first-order valence-corrected chi connectivity index (χ1v) is 9.00. The molecule has 0 N–H and O–H groups in total. The average molecular weight is 380 g/mol. The topological polar surface area (TPSA) is 65.2 Å². The molecule has 134 valence electrons. The van der Waals surface area contributed by atoms with Gasteiger partial charge in [0.25, 0.3) is 0 Å². The Kier molecular flexibility index (Phi) is 4.76. The second-order valence-electron chi connectivity index (χ2n) is 5.63. The number of carbonyl (C=O) groups excluding carboxylic acids is 1. The number of aromatic nitrogens is 2. The molecule has 3 aromatic heterocycles. The van der Waals surface area contributed by atoms with Gasteiger partial charge in [-0.15, -0.1) is 0 Å². The van der Waals surface area contributed by atoms with Gasteiger partial charge < -0.3 is 9.15 Å². The minimum atomic E-state index is -0.495. The fourth-order valence-corrected chi connectivity index (χ4v) is 3.12. The number of carbonyl (C=O) groups is 1. The molecular weight excluding hydrogens is 367 g/mol. The number of oxazole rings is 1. The first-order chi connectivity index (χ1) is 13.2. The van der Waals surface area contributed by atoms with Gasteiger partial charge in [-0.25, -0.2) is 14.2 Å². The second kappa shape index (κ2) is 7.51. The highest BCUT2D eigenvalue weighted by Crippen LogP contribution is 2.31. The zero-order chi connectivity index (χ0) is 18.6. The summed E-state index contributed by atoms with van der Waals surface area (Å²) in [5.41, 5.74) is 2.33. The van der Waals surface area contributed by atoms with Crippen LogP contribution >= 0.6 is 11.3 Å². The van der Waals surface area contributed by atoms with Crippen molar-refractivity contribution in [3.05, 3.63) is 82.7 Å². The Balaban J connectivity index is 1.62. The van der Waals surface area contributed by atoms with E-state index in [1.54, 1.807) is 30.5 Å². The summed E-state index contributed by atoms with van der Waals surface area (Å²) in [4.78, 5) is 20.5. The lowest BCUT2D eigenvalue weighted by Crippen LogP contribution is -2.06. The summed E-state index contributed by atoms with van der Waals surface area (Å²) < 4.78 is 24.4. The van der Waals surface area contributed by atoms with Gasteiger partial charge in [0.05, 0.1) is 5.56 Å². The summed E-state index contributed by atoms with van der Waals surface area (Å²) >= 11 is 1.52. The van der Waals surface area contributed by atoms with E-state index in [0.717, 1.165) is 5.56 Å². The number of pyridine rings is 1. The summed E-state index contributed by atoms with van der Waals surface area (Å²) in [6, 6.07) is 11.0. The van der Waals surface area contributed by atoms with Gasteiger partial charge >= 0.3 is 5.97 Å². The Hall–Kier alpha value is -3.32. The number of hydrogen-bond donors (Lipinski definition) is 0. The van der Waals surface area contributed by atoms with E-state index in [1.165, 1.54) is 29.7 Å². The molecule has 0 spiro atoms. The van der Waals surface area contributed by atoms with E-state index in [0.29, 0.717) is 28.5 Å². The van der Waals surface area contributed by atoms with E-state index < -0.39 is 5.97 Å². The maximum absolute atomic E-state index is 13.2. The summed E-state index contributed by atoms with van der Waals surface area (Å²) in [6.45, 7) is -0.0520. The number of halogens is 1. The van der Waals surface area contributed by atoms with Crippen LogP contribution in [0.3, 0.4) is 0 Å². The number of ether oxygens (including phenoxy) is 1. The number of rotatable bonds is 5. The molecule has 3 heterocycles. The Morgan fingerprint density at radius 1 is 1.15 bits per heavy atom. The molecule has 1 aromatic carbocycles. The van der Waals surface area contributed by atoms with Crippen molar-refractivity contribution in [1.29, 1.82) is 0 Å². The predicted octanol–water partition coefficient (Wildman–Crippen LogP) is 4.96. The molecule has 0 atom stereocenters. The van der Waals surface area contributed by atoms with Gasteiger partial charge in [0, 0.05) is 28.9 Å². The van der Waals surface area contributed by atoms with Crippen LogP contribution in [0.5, 0.6) is 0 Å². The Morgan fingerprint density at radius 2 is 2.00 bits per heavy atom. The van der Waals surface area contributed by atoms with Crippen LogP contribution in [0.25, 0.3) is 22.8 Å². The monoisotopic (exact) mass is 380 g/mol. The van der Waals surface area contributed by atoms with E-state index in [9.17, 15) is 9.18 Å². The quantitative estimate of drug-likeness (QED) is 0.458. The number of benzene rings is 1. The first-order valence-electron chi connectivity index (χ1n) is 8.06. The fraction of sp³-hybridized carbons (Fsp3) is 0.0500. The zero-order valence-electron chi connectivity index (χ0n) is 14.0. The van der Waals surface area contributed by atoms with Crippen molar-refractivity contribution < 1.29 is 18.3 Å². The highest BCUT2D eigenvalue weighted by molar-refractivity contribution is 7.08. The summed E-state index contributed by atoms with van der Waals surface area (Å²) in [5, 5.41) is 3.84. The van der Waals surface area contributed by atoms with Crippen LogP contribution in [0.2, 0.25) is 0 Å². The summed E-state index contributed by atoms with van der Waals surface area (Å²) in [7, 11) is 0. The van der Waals surface area contributed by atoms with Crippen molar-refractivity contribution in [3.8, 4) is 22.8 Å². The van der Waals surface area contributed by atoms with E-state index >= 15 is 0 Å². The minimum absolute atomic E-state index is 0.0520.